The monoisotopic (exact) mass is 195 g/mol. The molecule has 0 aliphatic heterocycles. The van der Waals surface area contributed by atoms with Gasteiger partial charge in [-0.3, -0.25) is 0 Å². The summed E-state index contributed by atoms with van der Waals surface area (Å²) in [6.07, 6.45) is 6.83. The summed E-state index contributed by atoms with van der Waals surface area (Å²) in [5.41, 5.74) is 0.746. The second-order valence-corrected chi connectivity index (χ2v) is 2.94. The summed E-state index contributed by atoms with van der Waals surface area (Å²) in [5.74, 6) is 3.80. The fourth-order valence-electron chi connectivity index (χ4n) is 1.14. The van der Waals surface area contributed by atoms with Crippen molar-refractivity contribution in [2.24, 2.45) is 0 Å². The average molecular weight is 195 g/mol. The van der Waals surface area contributed by atoms with Gasteiger partial charge in [-0.05, 0) is 18.2 Å². The van der Waals surface area contributed by atoms with E-state index in [9.17, 15) is 0 Å². The first kappa shape index (κ1) is 9.29. The third kappa shape index (κ3) is 2.35. The maximum absolute atomic E-state index is 5.50. The zero-order valence-corrected chi connectivity index (χ0v) is 8.05. The third-order valence-corrected chi connectivity index (χ3v) is 1.87. The van der Waals surface area contributed by atoms with Gasteiger partial charge < -0.3 is 4.74 Å². The van der Waals surface area contributed by atoms with Crippen molar-refractivity contribution in [3.05, 3.63) is 54.2 Å². The van der Waals surface area contributed by atoms with E-state index in [1.807, 2.05) is 30.3 Å². The molecule has 0 fully saturated rings. The summed E-state index contributed by atoms with van der Waals surface area (Å²) in [6.45, 7) is 0. The number of nitrogens with zero attached hydrogens (tertiary/aromatic N) is 1. The van der Waals surface area contributed by atoms with Crippen molar-refractivity contribution >= 4 is 0 Å². The highest BCUT2D eigenvalue weighted by atomic mass is 16.5. The van der Waals surface area contributed by atoms with Crippen molar-refractivity contribution < 1.29 is 4.74 Å². The Bertz CT molecular complexity index is 468. The summed E-state index contributed by atoms with van der Waals surface area (Å²) in [7, 11) is 0. The van der Waals surface area contributed by atoms with Crippen LogP contribution in [0.5, 0.6) is 11.6 Å². The van der Waals surface area contributed by atoms with Crippen molar-refractivity contribution in [2.45, 2.75) is 0 Å². The molecule has 1 heterocycles. The Morgan fingerprint density at radius 3 is 2.47 bits per heavy atom. The fraction of sp³-hybridized carbons (Fsp3) is 0. The van der Waals surface area contributed by atoms with Crippen LogP contribution in [0.4, 0.5) is 0 Å². The molecule has 0 spiro atoms. The molecule has 0 radical (unpaired) electrons. The second-order valence-electron chi connectivity index (χ2n) is 2.94. The molecule has 2 heteroatoms. The molecule has 2 aromatic rings. The zero-order chi connectivity index (χ0) is 10.5. The maximum Gasteiger partial charge on any atom is 0.219 e. The molecule has 2 rings (SSSR count). The molecule has 2 nitrogen and oxygen atoms in total. The van der Waals surface area contributed by atoms with Crippen LogP contribution in [-0.2, 0) is 0 Å². The van der Waals surface area contributed by atoms with Crippen molar-refractivity contribution in [3.8, 4) is 24.0 Å². The van der Waals surface area contributed by atoms with Gasteiger partial charge in [0.25, 0.3) is 0 Å². The average Bonchev–Trinajstić information content (AvgIpc) is 2.31. The van der Waals surface area contributed by atoms with Crippen molar-refractivity contribution in [2.75, 3.05) is 0 Å². The van der Waals surface area contributed by atoms with Crippen molar-refractivity contribution in [1.29, 1.82) is 0 Å². The van der Waals surface area contributed by atoms with E-state index in [-0.39, 0.29) is 0 Å². The van der Waals surface area contributed by atoms with Crippen LogP contribution in [0, 0.1) is 12.3 Å². The van der Waals surface area contributed by atoms with E-state index in [4.69, 9.17) is 11.2 Å². The van der Waals surface area contributed by atoms with E-state index in [0.717, 1.165) is 11.3 Å². The van der Waals surface area contributed by atoms with Gasteiger partial charge in [0.2, 0.25) is 5.88 Å². The summed E-state index contributed by atoms with van der Waals surface area (Å²) in [4.78, 5) is 4.08. The Balaban J connectivity index is 2.16. The lowest BCUT2D eigenvalue weighted by Gasteiger charge is -2.03. The number of pyridine rings is 1. The van der Waals surface area contributed by atoms with E-state index in [1.165, 1.54) is 0 Å². The highest BCUT2D eigenvalue weighted by molar-refractivity contribution is 5.33. The minimum atomic E-state index is 0.542. The van der Waals surface area contributed by atoms with E-state index < -0.39 is 0 Å². The Hall–Kier alpha value is -2.27. The summed E-state index contributed by atoms with van der Waals surface area (Å²) < 4.78 is 5.50. The molecule has 0 unspecified atom stereocenters. The van der Waals surface area contributed by atoms with Gasteiger partial charge in [-0.15, -0.1) is 6.42 Å². The molecule has 0 atom stereocenters. The number of para-hydroxylation sites is 1. The van der Waals surface area contributed by atoms with Crippen LogP contribution in [-0.4, -0.2) is 4.98 Å². The molecule has 15 heavy (non-hydrogen) atoms. The summed E-state index contributed by atoms with van der Waals surface area (Å²) in [6, 6.07) is 13.0. The Kier molecular flexibility index (Phi) is 2.66. The topological polar surface area (TPSA) is 22.1 Å². The van der Waals surface area contributed by atoms with Crippen LogP contribution >= 0.6 is 0 Å². The minimum absolute atomic E-state index is 0.542. The van der Waals surface area contributed by atoms with Crippen molar-refractivity contribution in [3.63, 3.8) is 0 Å². The maximum atomic E-state index is 5.50. The van der Waals surface area contributed by atoms with Crippen LogP contribution in [0.1, 0.15) is 5.56 Å². The summed E-state index contributed by atoms with van der Waals surface area (Å²) in [5, 5.41) is 0. The molecule has 0 N–H and O–H groups in total. The lowest BCUT2D eigenvalue weighted by Crippen LogP contribution is -1.87. The van der Waals surface area contributed by atoms with Gasteiger partial charge in [0.1, 0.15) is 5.75 Å². The van der Waals surface area contributed by atoms with Crippen LogP contribution in [0.15, 0.2) is 48.7 Å². The zero-order valence-electron chi connectivity index (χ0n) is 8.05. The normalized spacial score (nSPS) is 9.27. The number of hydrogen-bond donors (Lipinski definition) is 0. The van der Waals surface area contributed by atoms with Gasteiger partial charge in [-0.1, -0.05) is 24.1 Å². The first-order chi connectivity index (χ1) is 7.38. The molecule has 0 aliphatic carbocycles. The Morgan fingerprint density at radius 2 is 1.87 bits per heavy atom. The SMILES string of the molecule is C#Cc1ccc(Oc2ccccc2)nc1. The third-order valence-electron chi connectivity index (χ3n) is 1.87. The van der Waals surface area contributed by atoms with Crippen LogP contribution in [0.25, 0.3) is 0 Å². The molecule has 1 aromatic carbocycles. The van der Waals surface area contributed by atoms with E-state index >= 15 is 0 Å². The molecule has 0 saturated heterocycles. The predicted octanol–water partition coefficient (Wildman–Crippen LogP) is 2.86. The predicted molar refractivity (Wildman–Crippen MR) is 58.7 cm³/mol. The van der Waals surface area contributed by atoms with Gasteiger partial charge >= 0.3 is 0 Å². The van der Waals surface area contributed by atoms with Gasteiger partial charge in [0.05, 0.1) is 0 Å². The van der Waals surface area contributed by atoms with Crippen LogP contribution in [0.3, 0.4) is 0 Å². The Morgan fingerprint density at radius 1 is 1.07 bits per heavy atom. The van der Waals surface area contributed by atoms with Gasteiger partial charge in [-0.2, -0.15) is 0 Å². The molecule has 0 amide bonds. The molecule has 0 aliphatic rings. The molecule has 0 saturated carbocycles. The van der Waals surface area contributed by atoms with Gasteiger partial charge in [0, 0.05) is 17.8 Å². The number of ether oxygens (including phenoxy) is 1. The quantitative estimate of drug-likeness (QED) is 0.687. The van der Waals surface area contributed by atoms with E-state index in [2.05, 4.69) is 10.9 Å². The number of benzene rings is 1. The van der Waals surface area contributed by atoms with Crippen LogP contribution in [0.2, 0.25) is 0 Å². The lowest BCUT2D eigenvalue weighted by molar-refractivity contribution is 0.463. The first-order valence-electron chi connectivity index (χ1n) is 4.54. The van der Waals surface area contributed by atoms with Gasteiger partial charge in [-0.25, -0.2) is 4.98 Å². The smallest absolute Gasteiger partial charge is 0.219 e. The van der Waals surface area contributed by atoms with Crippen molar-refractivity contribution in [1.82, 2.24) is 4.98 Å². The highest BCUT2D eigenvalue weighted by Gasteiger charge is 1.96. The first-order valence-corrected chi connectivity index (χ1v) is 4.54. The van der Waals surface area contributed by atoms with E-state index in [0.29, 0.717) is 5.88 Å². The molecule has 1 aromatic heterocycles. The molecule has 72 valence electrons. The summed E-state index contributed by atoms with van der Waals surface area (Å²) >= 11 is 0. The number of rotatable bonds is 2. The highest BCUT2D eigenvalue weighted by Crippen LogP contribution is 2.18. The minimum Gasteiger partial charge on any atom is -0.439 e. The van der Waals surface area contributed by atoms with E-state index in [1.54, 1.807) is 18.3 Å². The second kappa shape index (κ2) is 4.30. The lowest BCUT2D eigenvalue weighted by atomic mass is 10.3. The fourth-order valence-corrected chi connectivity index (χ4v) is 1.14. The number of hydrogen-bond acceptors (Lipinski definition) is 2. The number of aromatic nitrogens is 1. The Labute approximate surface area is 88.6 Å². The largest absolute Gasteiger partial charge is 0.439 e. The van der Waals surface area contributed by atoms with Gasteiger partial charge in [0.15, 0.2) is 0 Å². The molecule has 0 bridgehead atoms. The van der Waals surface area contributed by atoms with Crippen LogP contribution < -0.4 is 4.74 Å². The number of terminal acetylenes is 1. The molecular formula is C13H9NO. The molecular weight excluding hydrogens is 186 g/mol. The standard InChI is InChI=1S/C13H9NO/c1-2-11-8-9-13(14-10-11)15-12-6-4-3-5-7-12/h1,3-10H.